The molecule has 0 bridgehead atoms. The van der Waals surface area contributed by atoms with Crippen LogP contribution in [0.2, 0.25) is 0 Å². The molecule has 1 N–H and O–H groups in total. The molecule has 1 aromatic heterocycles. The zero-order valence-corrected chi connectivity index (χ0v) is 26.0. The van der Waals surface area contributed by atoms with Gasteiger partial charge in [-0.15, -0.1) is 0 Å². The summed E-state index contributed by atoms with van der Waals surface area (Å²) in [5, 5.41) is 2.98. The van der Waals surface area contributed by atoms with E-state index in [1.165, 1.54) is 11.1 Å². The summed E-state index contributed by atoms with van der Waals surface area (Å²) in [6.45, 7) is 13.0. The maximum absolute atomic E-state index is 12.2. The molecule has 4 rings (SSSR count). The Kier molecular flexibility index (Phi) is 11.0. The SMILES string of the molecule is Cc1ccc(C)c(OCC(=O)NCCCCCc2nc3ccccc3n2CCCCOc2ccc(C(C)(C)C)cc2)c1. The van der Waals surface area contributed by atoms with Crippen molar-refractivity contribution < 1.29 is 14.3 Å². The Balaban J connectivity index is 1.17. The molecule has 3 aromatic carbocycles. The third kappa shape index (κ3) is 9.10. The number of nitrogens with one attached hydrogen (secondary N) is 1. The van der Waals surface area contributed by atoms with Crippen molar-refractivity contribution in [2.45, 2.75) is 85.1 Å². The smallest absolute Gasteiger partial charge is 0.257 e. The van der Waals surface area contributed by atoms with Crippen molar-refractivity contribution >= 4 is 16.9 Å². The number of nitrogens with zero attached hydrogens (tertiary/aromatic N) is 2. The molecule has 0 aliphatic carbocycles. The van der Waals surface area contributed by atoms with Crippen LogP contribution >= 0.6 is 0 Å². The minimum atomic E-state index is -0.0800. The van der Waals surface area contributed by atoms with Gasteiger partial charge in [-0.3, -0.25) is 4.79 Å². The van der Waals surface area contributed by atoms with Gasteiger partial charge in [-0.2, -0.15) is 0 Å². The van der Waals surface area contributed by atoms with Crippen LogP contribution in [0.3, 0.4) is 0 Å². The van der Waals surface area contributed by atoms with E-state index in [-0.39, 0.29) is 17.9 Å². The van der Waals surface area contributed by atoms with Crippen molar-refractivity contribution in [1.29, 1.82) is 0 Å². The first-order chi connectivity index (χ1) is 20.2. The number of hydrogen-bond acceptors (Lipinski definition) is 4. The molecule has 0 aliphatic rings. The number of imidazole rings is 1. The molecule has 0 saturated heterocycles. The molecule has 0 radical (unpaired) electrons. The van der Waals surface area contributed by atoms with Crippen LogP contribution in [0, 0.1) is 13.8 Å². The number of benzene rings is 3. The van der Waals surface area contributed by atoms with Crippen LogP contribution in [-0.2, 0) is 23.2 Å². The molecule has 0 aliphatic heterocycles. The lowest BCUT2D eigenvalue weighted by atomic mass is 9.87. The highest BCUT2D eigenvalue weighted by Gasteiger charge is 2.13. The van der Waals surface area contributed by atoms with Gasteiger partial charge in [0.2, 0.25) is 0 Å². The van der Waals surface area contributed by atoms with Crippen molar-refractivity contribution in [2.24, 2.45) is 0 Å². The Morgan fingerprint density at radius 1 is 0.881 bits per heavy atom. The van der Waals surface area contributed by atoms with Gasteiger partial charge in [-0.1, -0.05) is 63.6 Å². The maximum Gasteiger partial charge on any atom is 0.257 e. The van der Waals surface area contributed by atoms with Crippen LogP contribution in [0.4, 0.5) is 0 Å². The number of ether oxygens (including phenoxy) is 2. The monoisotopic (exact) mass is 569 g/mol. The third-order valence-corrected chi connectivity index (χ3v) is 7.60. The maximum atomic E-state index is 12.2. The summed E-state index contributed by atoms with van der Waals surface area (Å²) in [4.78, 5) is 17.2. The summed E-state index contributed by atoms with van der Waals surface area (Å²) in [7, 11) is 0. The molecular formula is C36H47N3O3. The number of aromatic nitrogens is 2. The van der Waals surface area contributed by atoms with E-state index in [0.29, 0.717) is 13.2 Å². The molecule has 224 valence electrons. The van der Waals surface area contributed by atoms with E-state index < -0.39 is 0 Å². The van der Waals surface area contributed by atoms with E-state index in [4.69, 9.17) is 14.5 Å². The van der Waals surface area contributed by atoms with Crippen molar-refractivity contribution in [2.75, 3.05) is 19.8 Å². The van der Waals surface area contributed by atoms with Gasteiger partial charge in [0.05, 0.1) is 17.6 Å². The Bertz CT molecular complexity index is 1430. The summed E-state index contributed by atoms with van der Waals surface area (Å²) in [6, 6.07) is 22.9. The Labute approximate surface area is 251 Å². The van der Waals surface area contributed by atoms with Crippen molar-refractivity contribution in [3.05, 3.63) is 89.2 Å². The third-order valence-electron chi connectivity index (χ3n) is 7.60. The van der Waals surface area contributed by atoms with E-state index in [1.54, 1.807) is 0 Å². The first kappa shape index (κ1) is 31.1. The fourth-order valence-electron chi connectivity index (χ4n) is 5.05. The average molecular weight is 570 g/mol. The summed E-state index contributed by atoms with van der Waals surface area (Å²) in [5.41, 5.74) is 5.88. The average Bonchev–Trinajstić information content (AvgIpc) is 3.32. The Morgan fingerprint density at radius 2 is 1.67 bits per heavy atom. The number of aryl methyl sites for hydroxylation is 4. The lowest BCUT2D eigenvalue weighted by molar-refractivity contribution is -0.123. The second kappa shape index (κ2) is 14.9. The molecule has 1 heterocycles. The van der Waals surface area contributed by atoms with Gasteiger partial charge in [-0.05, 0) is 92.0 Å². The topological polar surface area (TPSA) is 65.4 Å². The first-order valence-corrected chi connectivity index (χ1v) is 15.3. The predicted molar refractivity (Wildman–Crippen MR) is 172 cm³/mol. The number of unbranched alkanes of at least 4 members (excludes halogenated alkanes) is 3. The lowest BCUT2D eigenvalue weighted by Gasteiger charge is -2.19. The highest BCUT2D eigenvalue weighted by Crippen LogP contribution is 2.25. The number of rotatable bonds is 15. The summed E-state index contributed by atoms with van der Waals surface area (Å²) >= 11 is 0. The van der Waals surface area contributed by atoms with Crippen LogP contribution in [0.25, 0.3) is 11.0 Å². The van der Waals surface area contributed by atoms with Crippen molar-refractivity contribution in [1.82, 2.24) is 14.9 Å². The van der Waals surface area contributed by atoms with Gasteiger partial charge < -0.3 is 19.4 Å². The van der Waals surface area contributed by atoms with Crippen molar-refractivity contribution in [3.63, 3.8) is 0 Å². The number of hydrogen-bond donors (Lipinski definition) is 1. The molecule has 4 aromatic rings. The minimum Gasteiger partial charge on any atom is -0.494 e. The largest absolute Gasteiger partial charge is 0.494 e. The van der Waals surface area contributed by atoms with Gasteiger partial charge in [0.1, 0.15) is 17.3 Å². The van der Waals surface area contributed by atoms with Gasteiger partial charge in [0.15, 0.2) is 6.61 Å². The number of carbonyl (C=O) groups excluding carboxylic acids is 1. The predicted octanol–water partition coefficient (Wildman–Crippen LogP) is 7.72. The normalized spacial score (nSPS) is 11.5. The quantitative estimate of drug-likeness (QED) is 0.149. The van der Waals surface area contributed by atoms with Gasteiger partial charge >= 0.3 is 0 Å². The van der Waals surface area contributed by atoms with Gasteiger partial charge in [0.25, 0.3) is 5.91 Å². The molecule has 6 heteroatoms. The van der Waals surface area contributed by atoms with Crippen LogP contribution in [0.5, 0.6) is 11.5 Å². The Hall–Kier alpha value is -3.80. The highest BCUT2D eigenvalue weighted by atomic mass is 16.5. The molecule has 1 amide bonds. The standard InChI is InChI=1S/C36H47N3O3/c1-27-16-17-28(2)33(25-27)42-26-35(40)37-22-10-6-7-15-34-38-31-13-8-9-14-32(31)39(34)23-11-12-24-41-30-20-18-29(19-21-30)36(3,4)5/h8-9,13-14,16-21,25H,6-7,10-12,15,22-24,26H2,1-5H3,(H,37,40). The summed E-state index contributed by atoms with van der Waals surface area (Å²) in [5.74, 6) is 2.76. The second-order valence-electron chi connectivity index (χ2n) is 12.2. The lowest BCUT2D eigenvalue weighted by Crippen LogP contribution is -2.29. The van der Waals surface area contributed by atoms with Crippen molar-refractivity contribution in [3.8, 4) is 11.5 Å². The zero-order chi connectivity index (χ0) is 30.0. The van der Waals surface area contributed by atoms with Crippen LogP contribution in [0.1, 0.15) is 75.4 Å². The van der Waals surface area contributed by atoms with E-state index >= 15 is 0 Å². The van der Waals surface area contributed by atoms with Crippen LogP contribution in [0.15, 0.2) is 66.7 Å². The summed E-state index contributed by atoms with van der Waals surface area (Å²) < 4.78 is 14.1. The number of carbonyl (C=O) groups is 1. The van der Waals surface area contributed by atoms with Gasteiger partial charge in [0, 0.05) is 19.5 Å². The van der Waals surface area contributed by atoms with E-state index in [9.17, 15) is 4.79 Å². The number of amides is 1. The molecule has 0 fully saturated rings. The molecule has 0 spiro atoms. The highest BCUT2D eigenvalue weighted by molar-refractivity contribution is 5.77. The minimum absolute atomic E-state index is 0.0445. The zero-order valence-electron chi connectivity index (χ0n) is 26.0. The molecule has 42 heavy (non-hydrogen) atoms. The Morgan fingerprint density at radius 3 is 2.45 bits per heavy atom. The van der Waals surface area contributed by atoms with Crippen LogP contribution < -0.4 is 14.8 Å². The van der Waals surface area contributed by atoms with Crippen LogP contribution in [-0.4, -0.2) is 35.2 Å². The molecule has 0 atom stereocenters. The first-order valence-electron chi connectivity index (χ1n) is 15.3. The number of fused-ring (bicyclic) bond motifs is 1. The number of para-hydroxylation sites is 2. The molecule has 6 nitrogen and oxygen atoms in total. The summed E-state index contributed by atoms with van der Waals surface area (Å²) in [6.07, 6.45) is 5.94. The van der Waals surface area contributed by atoms with E-state index in [1.807, 2.05) is 32.0 Å². The second-order valence-corrected chi connectivity index (χ2v) is 12.2. The fourth-order valence-corrected chi connectivity index (χ4v) is 5.05. The van der Waals surface area contributed by atoms with E-state index in [2.05, 4.69) is 79.2 Å². The molecule has 0 saturated carbocycles. The van der Waals surface area contributed by atoms with Gasteiger partial charge in [-0.25, -0.2) is 4.98 Å². The molecule has 0 unspecified atom stereocenters. The van der Waals surface area contributed by atoms with E-state index in [0.717, 1.165) is 79.0 Å². The fraction of sp³-hybridized carbons (Fsp3) is 0.444. The molecular weight excluding hydrogens is 522 g/mol.